The minimum absolute atomic E-state index is 0.0257. The van der Waals surface area contributed by atoms with E-state index in [1.54, 1.807) is 16.7 Å². The minimum atomic E-state index is -0.493. The molecule has 1 amide bonds. The Morgan fingerprint density at radius 3 is 2.75 bits per heavy atom. The number of fused-ring (bicyclic) bond motifs is 3. The third kappa shape index (κ3) is 3.46. The second-order valence-electron chi connectivity index (χ2n) is 9.69. The first-order valence-corrected chi connectivity index (χ1v) is 11.0. The molecule has 166 valence electrons. The zero-order valence-corrected chi connectivity index (χ0v) is 18.3. The van der Waals surface area contributed by atoms with E-state index >= 15 is 0 Å². The lowest BCUT2D eigenvalue weighted by Crippen LogP contribution is -2.31. The molecule has 4 N–H and O–H groups in total. The number of hydrogen-bond donors (Lipinski definition) is 3. The van der Waals surface area contributed by atoms with E-state index < -0.39 is 5.91 Å². The van der Waals surface area contributed by atoms with Crippen molar-refractivity contribution >= 4 is 28.4 Å². The first-order valence-electron chi connectivity index (χ1n) is 11.0. The Morgan fingerprint density at radius 2 is 2.03 bits per heavy atom. The van der Waals surface area contributed by atoms with Crippen molar-refractivity contribution in [1.82, 2.24) is 9.88 Å². The van der Waals surface area contributed by atoms with E-state index in [1.165, 1.54) is 12.1 Å². The summed E-state index contributed by atoms with van der Waals surface area (Å²) in [6, 6.07) is 10.3. The Balaban J connectivity index is 1.73. The van der Waals surface area contributed by atoms with Gasteiger partial charge in [-0.1, -0.05) is 19.9 Å². The van der Waals surface area contributed by atoms with Crippen LogP contribution in [0.5, 0.6) is 0 Å². The van der Waals surface area contributed by atoms with Crippen LogP contribution >= 0.6 is 0 Å². The summed E-state index contributed by atoms with van der Waals surface area (Å²) < 4.78 is 15.8. The van der Waals surface area contributed by atoms with Crippen LogP contribution in [-0.2, 0) is 6.42 Å². The zero-order valence-electron chi connectivity index (χ0n) is 18.3. The quantitative estimate of drug-likeness (QED) is 0.580. The van der Waals surface area contributed by atoms with E-state index in [2.05, 4.69) is 24.5 Å². The van der Waals surface area contributed by atoms with Gasteiger partial charge >= 0.3 is 0 Å². The second-order valence-corrected chi connectivity index (χ2v) is 9.69. The standard InChI is InChI=1S/C25H27FN4O2/c1-25(2)11-21-23(18-6-4-15(26)10-20(18)30(21)22(31)12-25)14-3-5-17(24(27)32)19(9-14)29-16-7-8-28-13-16/h3-6,9-10,16,28-29H,7-8,11-13H2,1-2H3,(H2,27,32). The number of rotatable bonds is 4. The first kappa shape index (κ1) is 20.7. The average molecular weight is 435 g/mol. The van der Waals surface area contributed by atoms with Crippen LogP contribution in [0.25, 0.3) is 22.0 Å². The summed E-state index contributed by atoms with van der Waals surface area (Å²) >= 11 is 0. The van der Waals surface area contributed by atoms with Gasteiger partial charge in [-0.3, -0.25) is 14.2 Å². The van der Waals surface area contributed by atoms with Crippen molar-refractivity contribution in [1.29, 1.82) is 0 Å². The number of amides is 1. The molecule has 0 radical (unpaired) electrons. The molecule has 0 spiro atoms. The molecule has 2 aliphatic heterocycles. The SMILES string of the molecule is CC1(C)CC(=O)n2c(c(-c3ccc(C(N)=O)c(NC4CCNC4)c3)c3ccc(F)cc32)C1. The van der Waals surface area contributed by atoms with E-state index in [0.717, 1.165) is 41.7 Å². The predicted octanol–water partition coefficient (Wildman–Crippen LogP) is 3.93. The third-order valence-corrected chi connectivity index (χ3v) is 6.55. The summed E-state index contributed by atoms with van der Waals surface area (Å²) in [6.45, 7) is 5.89. The van der Waals surface area contributed by atoms with Crippen LogP contribution in [0.3, 0.4) is 0 Å². The van der Waals surface area contributed by atoms with Gasteiger partial charge in [0.2, 0.25) is 5.91 Å². The molecular weight excluding hydrogens is 407 g/mol. The van der Waals surface area contributed by atoms with Crippen LogP contribution in [0.4, 0.5) is 10.1 Å². The minimum Gasteiger partial charge on any atom is -0.380 e. The van der Waals surface area contributed by atoms with Gasteiger partial charge in [0.15, 0.2) is 0 Å². The fourth-order valence-electron chi connectivity index (χ4n) is 5.12. The van der Waals surface area contributed by atoms with Crippen LogP contribution < -0.4 is 16.4 Å². The van der Waals surface area contributed by atoms with Gasteiger partial charge < -0.3 is 16.4 Å². The molecule has 0 aliphatic carbocycles. The number of anilines is 1. The van der Waals surface area contributed by atoms with Crippen molar-refractivity contribution in [3.63, 3.8) is 0 Å². The Bertz CT molecular complexity index is 1250. The maximum Gasteiger partial charge on any atom is 0.250 e. The van der Waals surface area contributed by atoms with Gasteiger partial charge in [0.1, 0.15) is 5.82 Å². The molecule has 3 aromatic rings. The second kappa shape index (κ2) is 7.45. The zero-order chi connectivity index (χ0) is 22.6. The summed E-state index contributed by atoms with van der Waals surface area (Å²) in [5.41, 5.74) is 9.81. The summed E-state index contributed by atoms with van der Waals surface area (Å²) in [5, 5.41) is 7.60. The Labute approximate surface area is 186 Å². The van der Waals surface area contributed by atoms with Crippen LogP contribution in [0.15, 0.2) is 36.4 Å². The monoisotopic (exact) mass is 434 g/mol. The Morgan fingerprint density at radius 1 is 1.22 bits per heavy atom. The molecular formula is C25H27FN4O2. The fourth-order valence-corrected chi connectivity index (χ4v) is 5.12. The molecule has 1 unspecified atom stereocenters. The summed E-state index contributed by atoms with van der Waals surface area (Å²) in [6.07, 6.45) is 2.05. The topological polar surface area (TPSA) is 89.2 Å². The van der Waals surface area contributed by atoms with Crippen LogP contribution in [0.1, 0.15) is 47.5 Å². The number of halogens is 1. The van der Waals surface area contributed by atoms with Crippen LogP contribution in [-0.4, -0.2) is 35.5 Å². The summed E-state index contributed by atoms with van der Waals surface area (Å²) in [7, 11) is 0. The van der Waals surface area contributed by atoms with Crippen molar-refractivity contribution in [3.05, 3.63) is 53.5 Å². The molecule has 1 fully saturated rings. The van der Waals surface area contributed by atoms with Gasteiger partial charge in [0.25, 0.3) is 5.91 Å². The van der Waals surface area contributed by atoms with E-state index in [-0.39, 0.29) is 23.2 Å². The number of nitrogens with zero attached hydrogens (tertiary/aromatic N) is 1. The highest BCUT2D eigenvalue weighted by atomic mass is 19.1. The highest BCUT2D eigenvalue weighted by molar-refractivity contribution is 6.06. The molecule has 3 heterocycles. The summed E-state index contributed by atoms with van der Waals surface area (Å²) in [4.78, 5) is 25.2. The molecule has 6 nitrogen and oxygen atoms in total. The van der Waals surface area contributed by atoms with E-state index in [1.807, 2.05) is 12.1 Å². The predicted molar refractivity (Wildman–Crippen MR) is 123 cm³/mol. The largest absolute Gasteiger partial charge is 0.380 e. The number of nitrogens with one attached hydrogen (secondary N) is 2. The lowest BCUT2D eigenvalue weighted by atomic mass is 9.80. The summed E-state index contributed by atoms with van der Waals surface area (Å²) in [5.74, 6) is -0.892. The average Bonchev–Trinajstić information content (AvgIpc) is 3.32. The number of hydrogen-bond acceptors (Lipinski definition) is 4. The lowest BCUT2D eigenvalue weighted by Gasteiger charge is -2.30. The normalized spacial score (nSPS) is 19.8. The highest BCUT2D eigenvalue weighted by Crippen LogP contribution is 2.43. The molecule has 2 aliphatic rings. The van der Waals surface area contributed by atoms with Crippen molar-refractivity contribution in [3.8, 4) is 11.1 Å². The number of carbonyl (C=O) groups excluding carboxylic acids is 2. The van der Waals surface area contributed by atoms with Gasteiger partial charge in [-0.2, -0.15) is 0 Å². The van der Waals surface area contributed by atoms with Crippen molar-refractivity contribution in [2.45, 2.75) is 39.2 Å². The van der Waals surface area contributed by atoms with Crippen LogP contribution in [0, 0.1) is 11.2 Å². The van der Waals surface area contributed by atoms with Gasteiger partial charge in [-0.15, -0.1) is 0 Å². The molecule has 32 heavy (non-hydrogen) atoms. The van der Waals surface area contributed by atoms with Gasteiger partial charge in [-0.05, 0) is 60.7 Å². The molecule has 0 bridgehead atoms. The molecule has 0 saturated carbocycles. The highest BCUT2D eigenvalue weighted by Gasteiger charge is 2.35. The molecule has 2 aromatic carbocycles. The fraction of sp³-hybridized carbons (Fsp3) is 0.360. The van der Waals surface area contributed by atoms with Crippen molar-refractivity contribution in [2.75, 3.05) is 18.4 Å². The number of benzene rings is 2. The van der Waals surface area contributed by atoms with Gasteiger partial charge in [0, 0.05) is 41.3 Å². The lowest BCUT2D eigenvalue weighted by molar-refractivity contribution is 0.0816. The maximum absolute atomic E-state index is 14.1. The Hall–Kier alpha value is -3.19. The maximum atomic E-state index is 14.1. The number of primary amides is 1. The number of nitrogens with two attached hydrogens (primary N) is 1. The van der Waals surface area contributed by atoms with Crippen LogP contribution in [0.2, 0.25) is 0 Å². The Kier molecular flexibility index (Phi) is 4.82. The molecule has 1 atom stereocenters. The third-order valence-electron chi connectivity index (χ3n) is 6.55. The number of carbonyl (C=O) groups is 2. The molecule has 1 saturated heterocycles. The molecule has 1 aromatic heterocycles. The number of aromatic nitrogens is 1. The smallest absolute Gasteiger partial charge is 0.250 e. The molecule has 5 rings (SSSR count). The van der Waals surface area contributed by atoms with Crippen molar-refractivity contribution in [2.24, 2.45) is 11.1 Å². The van der Waals surface area contributed by atoms with Gasteiger partial charge in [-0.25, -0.2) is 4.39 Å². The van der Waals surface area contributed by atoms with Crippen molar-refractivity contribution < 1.29 is 14.0 Å². The molecule has 7 heteroatoms. The van der Waals surface area contributed by atoms with E-state index in [9.17, 15) is 14.0 Å². The van der Waals surface area contributed by atoms with Gasteiger partial charge in [0.05, 0.1) is 11.1 Å². The van der Waals surface area contributed by atoms with E-state index in [4.69, 9.17) is 5.73 Å². The first-order chi connectivity index (χ1) is 15.2. The van der Waals surface area contributed by atoms with E-state index in [0.29, 0.717) is 29.6 Å².